The van der Waals surface area contributed by atoms with Gasteiger partial charge in [0, 0.05) is 23.1 Å². The van der Waals surface area contributed by atoms with Crippen LogP contribution in [-0.2, 0) is 21.2 Å². The van der Waals surface area contributed by atoms with Crippen LogP contribution in [0.15, 0.2) is 53.4 Å². The van der Waals surface area contributed by atoms with Crippen LogP contribution in [0.4, 0.5) is 5.69 Å². The summed E-state index contributed by atoms with van der Waals surface area (Å²) in [5, 5.41) is 10.9. The standard InChI is InChI=1S/C14H12ClNO4S/c15-11-3-7-13(8-4-11)21(19,20)16-12-5-1-10(2-6-12)9-14(17)18/h1-8,16H,9H2,(H,17,18)/p-1. The summed E-state index contributed by atoms with van der Waals surface area (Å²) < 4.78 is 26.6. The third-order valence-corrected chi connectivity index (χ3v) is 4.33. The molecule has 0 amide bonds. The van der Waals surface area contributed by atoms with Crippen LogP contribution in [0, 0.1) is 0 Å². The van der Waals surface area contributed by atoms with E-state index in [9.17, 15) is 18.3 Å². The first-order chi connectivity index (χ1) is 9.87. The molecule has 0 fully saturated rings. The van der Waals surface area contributed by atoms with Crippen LogP contribution in [0.3, 0.4) is 0 Å². The van der Waals surface area contributed by atoms with Crippen molar-refractivity contribution in [2.45, 2.75) is 11.3 Å². The van der Waals surface area contributed by atoms with Crippen molar-refractivity contribution in [3.8, 4) is 0 Å². The molecule has 0 atom stereocenters. The molecule has 0 radical (unpaired) electrons. The predicted octanol–water partition coefficient (Wildman–Crippen LogP) is 1.43. The Morgan fingerprint density at radius 3 is 2.14 bits per heavy atom. The van der Waals surface area contributed by atoms with Crippen LogP contribution in [0.2, 0.25) is 5.02 Å². The third kappa shape index (κ3) is 4.21. The Labute approximate surface area is 127 Å². The van der Waals surface area contributed by atoms with Gasteiger partial charge in [-0.1, -0.05) is 23.7 Å². The topological polar surface area (TPSA) is 86.3 Å². The van der Waals surface area contributed by atoms with Crippen LogP contribution in [0.5, 0.6) is 0 Å². The smallest absolute Gasteiger partial charge is 0.261 e. The van der Waals surface area contributed by atoms with Gasteiger partial charge in [0.05, 0.1) is 4.90 Å². The Morgan fingerprint density at radius 2 is 1.62 bits per heavy atom. The molecule has 2 rings (SSSR count). The fraction of sp³-hybridized carbons (Fsp3) is 0.0714. The molecule has 21 heavy (non-hydrogen) atoms. The molecule has 1 N–H and O–H groups in total. The number of carboxylic acids is 1. The van der Waals surface area contributed by atoms with Crippen molar-refractivity contribution in [1.29, 1.82) is 0 Å². The van der Waals surface area contributed by atoms with E-state index in [2.05, 4.69) is 4.72 Å². The molecular formula is C14H11ClNO4S-. The monoisotopic (exact) mass is 324 g/mol. The van der Waals surface area contributed by atoms with Gasteiger partial charge in [-0.2, -0.15) is 0 Å². The number of halogens is 1. The second kappa shape index (κ2) is 6.15. The molecule has 5 nitrogen and oxygen atoms in total. The fourth-order valence-corrected chi connectivity index (χ4v) is 2.87. The molecule has 7 heteroatoms. The number of hydrogen-bond donors (Lipinski definition) is 1. The molecular weight excluding hydrogens is 314 g/mol. The lowest BCUT2D eigenvalue weighted by Crippen LogP contribution is -2.24. The fourth-order valence-electron chi connectivity index (χ4n) is 1.69. The first-order valence-corrected chi connectivity index (χ1v) is 7.80. The number of nitrogens with one attached hydrogen (secondary N) is 1. The van der Waals surface area contributed by atoms with Crippen molar-refractivity contribution in [3.63, 3.8) is 0 Å². The summed E-state index contributed by atoms with van der Waals surface area (Å²) in [7, 11) is -3.70. The number of hydrogen-bond acceptors (Lipinski definition) is 4. The molecule has 2 aromatic carbocycles. The van der Waals surface area contributed by atoms with Crippen LogP contribution >= 0.6 is 11.6 Å². The maximum atomic E-state index is 12.1. The SMILES string of the molecule is O=C([O-])Cc1ccc(NS(=O)(=O)c2ccc(Cl)cc2)cc1. The molecule has 0 saturated carbocycles. The van der Waals surface area contributed by atoms with Crippen LogP contribution in [-0.4, -0.2) is 14.4 Å². The Kier molecular flexibility index (Phi) is 4.50. The minimum atomic E-state index is -3.70. The summed E-state index contributed by atoms with van der Waals surface area (Å²) in [4.78, 5) is 10.6. The number of rotatable bonds is 5. The summed E-state index contributed by atoms with van der Waals surface area (Å²) in [6.07, 6.45) is -0.218. The van der Waals surface area contributed by atoms with Gasteiger partial charge in [-0.3, -0.25) is 4.72 Å². The molecule has 0 aliphatic rings. The highest BCUT2D eigenvalue weighted by atomic mass is 35.5. The highest BCUT2D eigenvalue weighted by Crippen LogP contribution is 2.18. The van der Waals surface area contributed by atoms with Gasteiger partial charge in [0.2, 0.25) is 0 Å². The minimum absolute atomic E-state index is 0.0886. The number of sulfonamides is 1. The number of benzene rings is 2. The van der Waals surface area contributed by atoms with Crippen molar-refractivity contribution in [2.24, 2.45) is 0 Å². The van der Waals surface area contributed by atoms with Gasteiger partial charge in [0.25, 0.3) is 10.0 Å². The normalized spacial score (nSPS) is 11.1. The lowest BCUT2D eigenvalue weighted by atomic mass is 10.1. The molecule has 2 aromatic rings. The Hall–Kier alpha value is -2.05. The number of aliphatic carboxylic acids is 1. The summed E-state index contributed by atoms with van der Waals surface area (Å²) in [6, 6.07) is 11.8. The van der Waals surface area contributed by atoms with E-state index in [4.69, 9.17) is 11.6 Å². The van der Waals surface area contributed by atoms with Crippen molar-refractivity contribution in [3.05, 3.63) is 59.1 Å². The van der Waals surface area contributed by atoms with E-state index in [1.54, 1.807) is 0 Å². The average Bonchev–Trinajstić information content (AvgIpc) is 2.40. The first-order valence-electron chi connectivity index (χ1n) is 5.94. The van der Waals surface area contributed by atoms with E-state index in [1.165, 1.54) is 48.5 Å². The first kappa shape index (κ1) is 15.3. The number of carbonyl (C=O) groups excluding carboxylic acids is 1. The zero-order chi connectivity index (χ0) is 15.5. The third-order valence-electron chi connectivity index (χ3n) is 2.68. The van der Waals surface area contributed by atoms with Gasteiger partial charge < -0.3 is 9.90 Å². The van der Waals surface area contributed by atoms with Gasteiger partial charge in [-0.15, -0.1) is 0 Å². The van der Waals surface area contributed by atoms with Crippen molar-refractivity contribution >= 4 is 33.3 Å². The minimum Gasteiger partial charge on any atom is -0.550 e. The van der Waals surface area contributed by atoms with E-state index in [0.29, 0.717) is 16.3 Å². The van der Waals surface area contributed by atoms with Crippen molar-refractivity contribution in [2.75, 3.05) is 4.72 Å². The second-order valence-electron chi connectivity index (χ2n) is 4.31. The lowest BCUT2D eigenvalue weighted by molar-refractivity contribution is -0.304. The molecule has 0 unspecified atom stereocenters. The molecule has 0 spiro atoms. The van der Waals surface area contributed by atoms with Crippen molar-refractivity contribution < 1.29 is 18.3 Å². The van der Waals surface area contributed by atoms with E-state index in [-0.39, 0.29) is 11.3 Å². The van der Waals surface area contributed by atoms with Gasteiger partial charge in [-0.05, 0) is 42.0 Å². The summed E-state index contributed by atoms with van der Waals surface area (Å²) in [5.41, 5.74) is 0.872. The van der Waals surface area contributed by atoms with Crippen LogP contribution in [0.25, 0.3) is 0 Å². The lowest BCUT2D eigenvalue weighted by Gasteiger charge is -2.09. The highest BCUT2D eigenvalue weighted by Gasteiger charge is 2.13. The molecule has 0 bridgehead atoms. The zero-order valence-corrected chi connectivity index (χ0v) is 12.3. The zero-order valence-electron chi connectivity index (χ0n) is 10.7. The summed E-state index contributed by atoms with van der Waals surface area (Å²) in [5.74, 6) is -1.19. The van der Waals surface area contributed by atoms with Gasteiger partial charge >= 0.3 is 0 Å². The van der Waals surface area contributed by atoms with Gasteiger partial charge in [0.1, 0.15) is 0 Å². The van der Waals surface area contributed by atoms with Gasteiger partial charge in [-0.25, -0.2) is 8.42 Å². The predicted molar refractivity (Wildman–Crippen MR) is 77.4 cm³/mol. The summed E-state index contributed by atoms with van der Waals surface area (Å²) >= 11 is 5.71. The molecule has 0 saturated heterocycles. The Bertz CT molecular complexity index is 740. The molecule has 0 aromatic heterocycles. The highest BCUT2D eigenvalue weighted by molar-refractivity contribution is 7.92. The maximum Gasteiger partial charge on any atom is 0.261 e. The van der Waals surface area contributed by atoms with E-state index < -0.39 is 16.0 Å². The molecule has 0 heterocycles. The molecule has 110 valence electrons. The maximum absolute atomic E-state index is 12.1. The van der Waals surface area contributed by atoms with E-state index in [1.807, 2.05) is 0 Å². The summed E-state index contributed by atoms with van der Waals surface area (Å²) in [6.45, 7) is 0. The van der Waals surface area contributed by atoms with E-state index in [0.717, 1.165) is 0 Å². The largest absolute Gasteiger partial charge is 0.550 e. The van der Waals surface area contributed by atoms with Crippen LogP contribution in [0.1, 0.15) is 5.56 Å². The van der Waals surface area contributed by atoms with Gasteiger partial charge in [0.15, 0.2) is 0 Å². The second-order valence-corrected chi connectivity index (χ2v) is 6.42. The number of anilines is 1. The molecule has 0 aliphatic heterocycles. The Balaban J connectivity index is 2.16. The van der Waals surface area contributed by atoms with Crippen molar-refractivity contribution in [1.82, 2.24) is 0 Å². The van der Waals surface area contributed by atoms with E-state index >= 15 is 0 Å². The number of carboxylic acid groups (broad SMARTS) is 1. The number of carbonyl (C=O) groups is 1. The van der Waals surface area contributed by atoms with Crippen LogP contribution < -0.4 is 9.83 Å². The quantitative estimate of drug-likeness (QED) is 0.901. The molecule has 0 aliphatic carbocycles. The average molecular weight is 325 g/mol. The Morgan fingerprint density at radius 1 is 1.05 bits per heavy atom.